The molecule has 1 N–H and O–H groups in total. The third-order valence-electron chi connectivity index (χ3n) is 4.04. The highest BCUT2D eigenvalue weighted by Gasteiger charge is 2.17. The van der Waals surface area contributed by atoms with Gasteiger partial charge in [-0.1, -0.05) is 19.9 Å². The number of guanidine groups is 1. The first kappa shape index (κ1) is 21.8. The molecule has 2 aromatic rings. The Morgan fingerprint density at radius 2 is 2.16 bits per heavy atom. The van der Waals surface area contributed by atoms with Crippen molar-refractivity contribution in [3.63, 3.8) is 0 Å². The van der Waals surface area contributed by atoms with Gasteiger partial charge in [-0.05, 0) is 24.5 Å². The summed E-state index contributed by atoms with van der Waals surface area (Å²) in [5, 5.41) is 6.70. The predicted octanol–water partition coefficient (Wildman–Crippen LogP) is 3.91. The van der Waals surface area contributed by atoms with E-state index >= 15 is 0 Å². The highest BCUT2D eigenvalue weighted by Crippen LogP contribution is 2.22. The van der Waals surface area contributed by atoms with Crippen LogP contribution in [0.15, 0.2) is 34.9 Å². The lowest BCUT2D eigenvalue weighted by Crippen LogP contribution is -2.41. The Kier molecular flexibility index (Phi) is 9.34. The predicted molar refractivity (Wildman–Crippen MR) is 117 cm³/mol. The minimum absolute atomic E-state index is 0. The second-order valence-electron chi connectivity index (χ2n) is 6.28. The lowest BCUT2D eigenvalue weighted by Gasteiger charge is -2.26. The lowest BCUT2D eigenvalue weighted by molar-refractivity contribution is 0.444. The molecular formula is C18H28IN5S. The minimum Gasteiger partial charge on any atom is -0.356 e. The number of halogens is 1. The molecule has 0 radical (unpaired) electrons. The van der Waals surface area contributed by atoms with Crippen LogP contribution in [0.5, 0.6) is 0 Å². The Labute approximate surface area is 172 Å². The molecule has 0 aliphatic rings. The first-order chi connectivity index (χ1) is 11.5. The third-order valence-corrected chi connectivity index (χ3v) is 4.86. The van der Waals surface area contributed by atoms with E-state index in [1.165, 1.54) is 5.56 Å². The van der Waals surface area contributed by atoms with Gasteiger partial charge in [-0.15, -0.1) is 35.3 Å². The van der Waals surface area contributed by atoms with E-state index in [-0.39, 0.29) is 24.0 Å². The molecule has 0 spiro atoms. The summed E-state index contributed by atoms with van der Waals surface area (Å²) < 4.78 is 0. The van der Waals surface area contributed by atoms with Crippen molar-refractivity contribution in [1.29, 1.82) is 0 Å². The van der Waals surface area contributed by atoms with Gasteiger partial charge in [0.1, 0.15) is 0 Å². The number of aliphatic imine (C=N–C) groups is 1. The van der Waals surface area contributed by atoms with Crippen LogP contribution >= 0.6 is 35.3 Å². The van der Waals surface area contributed by atoms with Gasteiger partial charge >= 0.3 is 0 Å². The average molecular weight is 473 g/mol. The van der Waals surface area contributed by atoms with Gasteiger partial charge in [0.05, 0.1) is 17.2 Å². The molecule has 0 saturated carbocycles. The molecule has 0 amide bonds. The fraction of sp³-hybridized carbons (Fsp3) is 0.500. The number of nitrogens with zero attached hydrogens (tertiary/aromatic N) is 4. The van der Waals surface area contributed by atoms with Crippen LogP contribution in [0.3, 0.4) is 0 Å². The first-order valence-corrected chi connectivity index (χ1v) is 9.12. The zero-order valence-electron chi connectivity index (χ0n) is 15.6. The van der Waals surface area contributed by atoms with Crippen LogP contribution < -0.4 is 5.32 Å². The Morgan fingerprint density at radius 1 is 1.40 bits per heavy atom. The monoisotopic (exact) mass is 473 g/mol. The SMILES string of the molecule is CN=C(NCC(c1cccnc1)C(C)C)N(C)Cc1csc(C)n1.I. The first-order valence-electron chi connectivity index (χ1n) is 8.24. The molecule has 1 atom stereocenters. The number of hydrogen-bond donors (Lipinski definition) is 1. The van der Waals surface area contributed by atoms with Crippen molar-refractivity contribution in [3.05, 3.63) is 46.2 Å². The van der Waals surface area contributed by atoms with E-state index in [4.69, 9.17) is 0 Å². The molecule has 138 valence electrons. The van der Waals surface area contributed by atoms with E-state index < -0.39 is 0 Å². The molecular weight excluding hydrogens is 445 g/mol. The molecule has 0 aliphatic heterocycles. The smallest absolute Gasteiger partial charge is 0.193 e. The Bertz CT molecular complexity index is 656. The standard InChI is InChI=1S/C18H27N5S.HI/c1-13(2)17(15-7-6-8-20-9-15)10-21-18(19-4)23(5)11-16-12-24-14(3)22-16;/h6-9,12-13,17H,10-11H2,1-5H3,(H,19,21);1H. The number of thiazole rings is 1. The van der Waals surface area contributed by atoms with Crippen molar-refractivity contribution in [1.82, 2.24) is 20.2 Å². The van der Waals surface area contributed by atoms with Crippen molar-refractivity contribution in [2.45, 2.75) is 33.2 Å². The minimum atomic E-state index is 0. The molecule has 25 heavy (non-hydrogen) atoms. The van der Waals surface area contributed by atoms with Crippen LogP contribution in [-0.2, 0) is 6.54 Å². The van der Waals surface area contributed by atoms with Crippen LogP contribution in [0.2, 0.25) is 0 Å². The largest absolute Gasteiger partial charge is 0.356 e. The summed E-state index contributed by atoms with van der Waals surface area (Å²) in [5.74, 6) is 1.80. The molecule has 0 saturated heterocycles. The van der Waals surface area contributed by atoms with Gasteiger partial charge in [0, 0.05) is 44.3 Å². The topological polar surface area (TPSA) is 53.4 Å². The molecule has 1 unspecified atom stereocenters. The summed E-state index contributed by atoms with van der Waals surface area (Å²) in [6.45, 7) is 8.09. The number of nitrogens with one attached hydrogen (secondary N) is 1. The van der Waals surface area contributed by atoms with Crippen molar-refractivity contribution in [2.75, 3.05) is 20.6 Å². The number of aryl methyl sites for hydroxylation is 1. The van der Waals surface area contributed by atoms with Crippen LogP contribution in [0.1, 0.15) is 36.0 Å². The molecule has 2 aromatic heterocycles. The summed E-state index contributed by atoms with van der Waals surface area (Å²) in [6, 6.07) is 4.14. The van der Waals surface area contributed by atoms with E-state index in [1.807, 2.05) is 39.5 Å². The van der Waals surface area contributed by atoms with E-state index in [1.54, 1.807) is 11.3 Å². The van der Waals surface area contributed by atoms with Crippen molar-refractivity contribution >= 4 is 41.3 Å². The Hall–Kier alpha value is -1.22. The average Bonchev–Trinajstić information content (AvgIpc) is 2.97. The summed E-state index contributed by atoms with van der Waals surface area (Å²) in [5.41, 5.74) is 2.34. The number of aromatic nitrogens is 2. The zero-order valence-corrected chi connectivity index (χ0v) is 18.7. The molecule has 2 heterocycles. The normalized spacial score (nSPS) is 12.6. The fourth-order valence-corrected chi connectivity index (χ4v) is 3.32. The highest BCUT2D eigenvalue weighted by molar-refractivity contribution is 14.0. The number of pyridine rings is 1. The maximum Gasteiger partial charge on any atom is 0.193 e. The molecule has 5 nitrogen and oxygen atoms in total. The van der Waals surface area contributed by atoms with Crippen LogP contribution in [0, 0.1) is 12.8 Å². The van der Waals surface area contributed by atoms with Crippen molar-refractivity contribution < 1.29 is 0 Å². The van der Waals surface area contributed by atoms with E-state index in [0.29, 0.717) is 11.8 Å². The van der Waals surface area contributed by atoms with Gasteiger partial charge in [0.15, 0.2) is 5.96 Å². The van der Waals surface area contributed by atoms with E-state index in [9.17, 15) is 0 Å². The maximum absolute atomic E-state index is 4.52. The summed E-state index contributed by atoms with van der Waals surface area (Å²) in [6.07, 6.45) is 3.77. The van der Waals surface area contributed by atoms with Gasteiger partial charge in [-0.2, -0.15) is 0 Å². The van der Waals surface area contributed by atoms with Gasteiger partial charge in [0.2, 0.25) is 0 Å². The quantitative estimate of drug-likeness (QED) is 0.393. The van der Waals surface area contributed by atoms with Crippen LogP contribution in [-0.4, -0.2) is 41.5 Å². The highest BCUT2D eigenvalue weighted by atomic mass is 127. The van der Waals surface area contributed by atoms with Gasteiger partial charge in [-0.25, -0.2) is 4.98 Å². The molecule has 7 heteroatoms. The van der Waals surface area contributed by atoms with Crippen LogP contribution in [0.25, 0.3) is 0 Å². The second kappa shape index (κ2) is 10.7. The zero-order chi connectivity index (χ0) is 17.5. The summed E-state index contributed by atoms with van der Waals surface area (Å²) in [4.78, 5) is 15.3. The van der Waals surface area contributed by atoms with Crippen molar-refractivity contribution in [2.24, 2.45) is 10.9 Å². The molecule has 2 rings (SSSR count). The third kappa shape index (κ3) is 6.54. The molecule has 0 aromatic carbocycles. The fourth-order valence-electron chi connectivity index (χ4n) is 2.72. The Morgan fingerprint density at radius 3 is 2.68 bits per heavy atom. The van der Waals surface area contributed by atoms with Crippen LogP contribution in [0.4, 0.5) is 0 Å². The second-order valence-corrected chi connectivity index (χ2v) is 7.34. The van der Waals surface area contributed by atoms with Crippen molar-refractivity contribution in [3.8, 4) is 0 Å². The maximum atomic E-state index is 4.52. The number of rotatable bonds is 6. The van der Waals surface area contributed by atoms with E-state index in [2.05, 4.69) is 50.5 Å². The number of hydrogen-bond acceptors (Lipinski definition) is 4. The summed E-state index contributed by atoms with van der Waals surface area (Å²) in [7, 11) is 3.86. The van der Waals surface area contributed by atoms with Gasteiger partial charge < -0.3 is 10.2 Å². The summed E-state index contributed by atoms with van der Waals surface area (Å²) >= 11 is 1.68. The van der Waals surface area contributed by atoms with E-state index in [0.717, 1.165) is 29.8 Å². The van der Waals surface area contributed by atoms with Gasteiger partial charge in [-0.3, -0.25) is 9.98 Å². The Balaban J connectivity index is 0.00000312. The molecule has 0 fully saturated rings. The van der Waals surface area contributed by atoms with Gasteiger partial charge in [0.25, 0.3) is 0 Å². The lowest BCUT2D eigenvalue weighted by atomic mass is 9.89. The molecule has 0 bridgehead atoms. The molecule has 0 aliphatic carbocycles.